The zero-order chi connectivity index (χ0) is 14.5. The van der Waals surface area contributed by atoms with Crippen LogP contribution in [0.3, 0.4) is 0 Å². The number of carbonyl (C=O) groups is 1. The van der Waals surface area contributed by atoms with Crippen LogP contribution < -0.4 is 5.32 Å². The maximum absolute atomic E-state index is 12.5. The van der Waals surface area contributed by atoms with Crippen molar-refractivity contribution < 1.29 is 9.90 Å². The maximum Gasteiger partial charge on any atom is 0.254 e. The minimum absolute atomic E-state index is 0.0258. The number of hydrogen-bond acceptors (Lipinski definition) is 4. The van der Waals surface area contributed by atoms with Crippen molar-refractivity contribution >= 4 is 23.3 Å². The fourth-order valence-corrected chi connectivity index (χ4v) is 2.28. The van der Waals surface area contributed by atoms with Crippen LogP contribution in [0.4, 0.5) is 5.82 Å². The molecule has 6 heteroatoms. The minimum atomic E-state index is -0.0922. The molecular formula is C14H20ClN3O2. The van der Waals surface area contributed by atoms with Gasteiger partial charge in [-0.3, -0.25) is 4.79 Å². The van der Waals surface area contributed by atoms with Crippen LogP contribution in [0.5, 0.6) is 0 Å². The van der Waals surface area contributed by atoms with Gasteiger partial charge in [0.2, 0.25) is 0 Å². The lowest BCUT2D eigenvalue weighted by Crippen LogP contribution is -2.35. The van der Waals surface area contributed by atoms with Gasteiger partial charge in [0.25, 0.3) is 5.91 Å². The van der Waals surface area contributed by atoms with Crippen molar-refractivity contribution in [3.63, 3.8) is 0 Å². The van der Waals surface area contributed by atoms with E-state index in [1.807, 2.05) is 0 Å². The molecule has 1 heterocycles. The molecule has 1 aromatic heterocycles. The summed E-state index contributed by atoms with van der Waals surface area (Å²) in [5, 5.41) is 12.5. The Labute approximate surface area is 123 Å². The first-order valence-corrected chi connectivity index (χ1v) is 7.36. The Morgan fingerprint density at radius 1 is 1.55 bits per heavy atom. The zero-order valence-corrected chi connectivity index (χ0v) is 12.4. The molecule has 1 aromatic rings. The van der Waals surface area contributed by atoms with Crippen molar-refractivity contribution in [1.82, 2.24) is 9.88 Å². The van der Waals surface area contributed by atoms with E-state index in [2.05, 4.69) is 17.2 Å². The normalized spacial score (nSPS) is 14.2. The second kappa shape index (κ2) is 6.90. The standard InChI is InChI=1S/C14H20ClN3O2/c1-2-5-16-13-9-10(8-12(15)17-13)14(20)18(6-7-19)11-3-4-11/h8-9,11,19H,2-7H2,1H3,(H,16,17). The van der Waals surface area contributed by atoms with Crippen LogP contribution >= 0.6 is 11.6 Å². The first-order valence-electron chi connectivity index (χ1n) is 6.99. The highest BCUT2D eigenvalue weighted by Gasteiger charge is 2.32. The highest BCUT2D eigenvalue weighted by atomic mass is 35.5. The summed E-state index contributed by atoms with van der Waals surface area (Å²) in [7, 11) is 0. The molecule has 0 atom stereocenters. The largest absolute Gasteiger partial charge is 0.395 e. The van der Waals surface area contributed by atoms with Gasteiger partial charge in [-0.15, -0.1) is 0 Å². The molecule has 0 saturated heterocycles. The van der Waals surface area contributed by atoms with E-state index in [0.29, 0.717) is 23.1 Å². The van der Waals surface area contributed by atoms with E-state index in [1.165, 1.54) is 0 Å². The lowest BCUT2D eigenvalue weighted by atomic mass is 10.2. The van der Waals surface area contributed by atoms with Gasteiger partial charge in [-0.25, -0.2) is 4.98 Å². The molecule has 1 aliphatic carbocycles. The Kier molecular flexibility index (Phi) is 5.20. The summed E-state index contributed by atoms with van der Waals surface area (Å²) in [6.45, 7) is 3.17. The number of rotatable bonds is 7. The second-order valence-corrected chi connectivity index (χ2v) is 5.33. The highest BCUT2D eigenvalue weighted by Crippen LogP contribution is 2.28. The van der Waals surface area contributed by atoms with Crippen LogP contribution in [0.2, 0.25) is 5.15 Å². The monoisotopic (exact) mass is 297 g/mol. The molecule has 5 nitrogen and oxygen atoms in total. The summed E-state index contributed by atoms with van der Waals surface area (Å²) >= 11 is 5.98. The van der Waals surface area contributed by atoms with Crippen LogP contribution in [0.15, 0.2) is 12.1 Å². The molecule has 1 saturated carbocycles. The molecule has 110 valence electrons. The number of carbonyl (C=O) groups excluding carboxylic acids is 1. The quantitative estimate of drug-likeness (QED) is 0.757. The van der Waals surface area contributed by atoms with Gasteiger partial charge in [0.1, 0.15) is 11.0 Å². The fourth-order valence-electron chi connectivity index (χ4n) is 2.07. The van der Waals surface area contributed by atoms with Gasteiger partial charge in [-0.05, 0) is 31.4 Å². The van der Waals surface area contributed by atoms with E-state index in [1.54, 1.807) is 17.0 Å². The van der Waals surface area contributed by atoms with Gasteiger partial charge in [-0.2, -0.15) is 0 Å². The SMILES string of the molecule is CCCNc1cc(C(=O)N(CCO)C2CC2)cc(Cl)n1. The van der Waals surface area contributed by atoms with Crippen LogP contribution in [0.1, 0.15) is 36.5 Å². The van der Waals surface area contributed by atoms with Crippen molar-refractivity contribution in [2.45, 2.75) is 32.2 Å². The third-order valence-corrected chi connectivity index (χ3v) is 3.38. The van der Waals surface area contributed by atoms with Crippen LogP contribution in [-0.4, -0.2) is 46.6 Å². The Bertz CT molecular complexity index is 477. The smallest absolute Gasteiger partial charge is 0.254 e. The summed E-state index contributed by atoms with van der Waals surface area (Å²) in [6, 6.07) is 3.55. The number of aromatic nitrogens is 1. The van der Waals surface area contributed by atoms with Crippen LogP contribution in [-0.2, 0) is 0 Å². The van der Waals surface area contributed by atoms with E-state index in [4.69, 9.17) is 16.7 Å². The van der Waals surface area contributed by atoms with Gasteiger partial charge in [0, 0.05) is 24.7 Å². The van der Waals surface area contributed by atoms with Gasteiger partial charge in [0.15, 0.2) is 0 Å². The minimum Gasteiger partial charge on any atom is -0.395 e. The number of hydrogen-bond donors (Lipinski definition) is 2. The predicted molar refractivity (Wildman–Crippen MR) is 79.2 cm³/mol. The summed E-state index contributed by atoms with van der Waals surface area (Å²) in [6.07, 6.45) is 2.98. The number of nitrogens with one attached hydrogen (secondary N) is 1. The molecule has 2 rings (SSSR count). The number of halogens is 1. The summed E-state index contributed by atoms with van der Waals surface area (Å²) < 4.78 is 0. The van der Waals surface area contributed by atoms with Crippen LogP contribution in [0.25, 0.3) is 0 Å². The number of anilines is 1. The Morgan fingerprint density at radius 2 is 2.30 bits per heavy atom. The third kappa shape index (κ3) is 3.84. The van der Waals surface area contributed by atoms with Gasteiger partial charge >= 0.3 is 0 Å². The summed E-state index contributed by atoms with van der Waals surface area (Å²) in [5.41, 5.74) is 0.518. The molecule has 0 aliphatic heterocycles. The second-order valence-electron chi connectivity index (χ2n) is 4.94. The Balaban J connectivity index is 2.17. The summed E-state index contributed by atoms with van der Waals surface area (Å²) in [5.74, 6) is 0.521. The third-order valence-electron chi connectivity index (χ3n) is 3.19. The molecule has 1 aliphatic rings. The lowest BCUT2D eigenvalue weighted by molar-refractivity contribution is 0.0707. The first kappa shape index (κ1) is 15.1. The van der Waals surface area contributed by atoms with E-state index in [9.17, 15) is 4.79 Å². The molecular weight excluding hydrogens is 278 g/mol. The zero-order valence-electron chi connectivity index (χ0n) is 11.6. The number of pyridine rings is 1. The van der Waals surface area contributed by atoms with Crippen molar-refractivity contribution in [2.75, 3.05) is 25.0 Å². The number of aliphatic hydroxyl groups is 1. The molecule has 0 spiro atoms. The molecule has 0 unspecified atom stereocenters. The molecule has 0 aromatic carbocycles. The van der Waals surface area contributed by atoms with E-state index < -0.39 is 0 Å². The van der Waals surface area contributed by atoms with Gasteiger partial charge in [0.05, 0.1) is 6.61 Å². The fraction of sp³-hybridized carbons (Fsp3) is 0.571. The molecule has 0 bridgehead atoms. The highest BCUT2D eigenvalue weighted by molar-refractivity contribution is 6.29. The van der Waals surface area contributed by atoms with Crippen molar-refractivity contribution in [2.24, 2.45) is 0 Å². The molecule has 20 heavy (non-hydrogen) atoms. The molecule has 1 fully saturated rings. The van der Waals surface area contributed by atoms with Gasteiger partial charge in [-0.1, -0.05) is 18.5 Å². The Hall–Kier alpha value is -1.33. The van der Waals surface area contributed by atoms with Crippen molar-refractivity contribution in [3.8, 4) is 0 Å². The number of amides is 1. The number of nitrogens with zero attached hydrogens (tertiary/aromatic N) is 2. The predicted octanol–water partition coefficient (Wildman–Crippen LogP) is 2.15. The van der Waals surface area contributed by atoms with E-state index in [0.717, 1.165) is 25.8 Å². The molecule has 0 radical (unpaired) electrons. The molecule has 2 N–H and O–H groups in total. The molecule has 1 amide bonds. The lowest BCUT2D eigenvalue weighted by Gasteiger charge is -2.21. The van der Waals surface area contributed by atoms with E-state index >= 15 is 0 Å². The average Bonchev–Trinajstić information content (AvgIpc) is 3.25. The van der Waals surface area contributed by atoms with E-state index in [-0.39, 0.29) is 18.6 Å². The van der Waals surface area contributed by atoms with Gasteiger partial charge < -0.3 is 15.3 Å². The van der Waals surface area contributed by atoms with Crippen molar-refractivity contribution in [3.05, 3.63) is 22.8 Å². The van der Waals surface area contributed by atoms with Crippen molar-refractivity contribution in [1.29, 1.82) is 0 Å². The maximum atomic E-state index is 12.5. The number of aliphatic hydroxyl groups excluding tert-OH is 1. The Morgan fingerprint density at radius 3 is 2.90 bits per heavy atom. The first-order chi connectivity index (χ1) is 9.65. The average molecular weight is 298 g/mol. The van der Waals surface area contributed by atoms with Crippen LogP contribution in [0, 0.1) is 0 Å². The topological polar surface area (TPSA) is 65.5 Å². The summed E-state index contributed by atoms with van der Waals surface area (Å²) in [4.78, 5) is 18.4.